The molecule has 2 amide bonds. The number of pyridine rings is 1. The first-order valence-electron chi connectivity index (χ1n) is 8.99. The van der Waals surface area contributed by atoms with Gasteiger partial charge in [0.25, 0.3) is 11.8 Å². The largest absolute Gasteiger partial charge is 0.368 e. The van der Waals surface area contributed by atoms with Crippen LogP contribution in [0.15, 0.2) is 36.5 Å². The molecule has 0 unspecified atom stereocenters. The van der Waals surface area contributed by atoms with Crippen LogP contribution in [-0.4, -0.2) is 29.4 Å². The first kappa shape index (κ1) is 17.9. The highest BCUT2D eigenvalue weighted by Gasteiger charge is 2.24. The Morgan fingerprint density at radius 1 is 1.15 bits per heavy atom. The van der Waals surface area contributed by atoms with E-state index in [2.05, 4.69) is 27.9 Å². The maximum atomic E-state index is 12.6. The van der Waals surface area contributed by atoms with Crippen LogP contribution in [0.3, 0.4) is 0 Å². The Labute approximate surface area is 153 Å². The average Bonchev–Trinajstić information content (AvgIpc) is 3.44. The summed E-state index contributed by atoms with van der Waals surface area (Å²) in [5.41, 5.74) is 2.53. The number of aromatic nitrogens is 1. The predicted molar refractivity (Wildman–Crippen MR) is 103 cm³/mol. The molecule has 1 saturated carbocycles. The van der Waals surface area contributed by atoms with Crippen LogP contribution in [0, 0.1) is 6.92 Å². The lowest BCUT2D eigenvalue weighted by atomic mass is 10.1. The monoisotopic (exact) mass is 352 g/mol. The highest BCUT2D eigenvalue weighted by molar-refractivity contribution is 6.06. The van der Waals surface area contributed by atoms with Gasteiger partial charge >= 0.3 is 0 Å². The van der Waals surface area contributed by atoms with Gasteiger partial charge in [0.05, 0.1) is 11.3 Å². The van der Waals surface area contributed by atoms with Gasteiger partial charge in [0.1, 0.15) is 5.82 Å². The Morgan fingerprint density at radius 3 is 2.65 bits per heavy atom. The van der Waals surface area contributed by atoms with Gasteiger partial charge in [-0.2, -0.15) is 0 Å². The number of nitrogens with zero attached hydrogens (tertiary/aromatic N) is 1. The fraction of sp³-hybridized carbons (Fsp3) is 0.350. The van der Waals surface area contributed by atoms with E-state index in [0.29, 0.717) is 22.6 Å². The summed E-state index contributed by atoms with van der Waals surface area (Å²) in [4.78, 5) is 29.2. The van der Waals surface area contributed by atoms with E-state index in [0.717, 1.165) is 31.4 Å². The van der Waals surface area contributed by atoms with Gasteiger partial charge in [-0.3, -0.25) is 9.59 Å². The molecule has 6 heteroatoms. The number of aryl methyl sites for hydroxylation is 1. The van der Waals surface area contributed by atoms with Gasteiger partial charge in [-0.1, -0.05) is 24.6 Å². The standard InChI is InChI=1S/C20H24N4O2/c1-3-9-21-18-17(24-19(25)14-6-4-5-13(2)10-14)11-15(12-22-18)20(26)23-16-7-8-16/h4-6,10-12,16H,3,7-9H2,1-2H3,(H,21,22)(H,23,26)(H,24,25). The minimum absolute atomic E-state index is 0.159. The topological polar surface area (TPSA) is 83.1 Å². The second-order valence-electron chi connectivity index (χ2n) is 6.62. The zero-order valence-electron chi connectivity index (χ0n) is 15.1. The van der Waals surface area contributed by atoms with Crippen molar-refractivity contribution in [3.63, 3.8) is 0 Å². The molecule has 1 heterocycles. The minimum Gasteiger partial charge on any atom is -0.368 e. The Balaban J connectivity index is 1.83. The molecule has 0 atom stereocenters. The first-order chi connectivity index (χ1) is 12.6. The molecular weight excluding hydrogens is 328 g/mol. The lowest BCUT2D eigenvalue weighted by Crippen LogP contribution is -2.26. The van der Waals surface area contributed by atoms with Crippen molar-refractivity contribution in [3.05, 3.63) is 53.2 Å². The Bertz CT molecular complexity index is 815. The van der Waals surface area contributed by atoms with Crippen LogP contribution < -0.4 is 16.0 Å². The number of benzene rings is 1. The number of carbonyl (C=O) groups is 2. The van der Waals surface area contributed by atoms with Crippen LogP contribution in [0.25, 0.3) is 0 Å². The smallest absolute Gasteiger partial charge is 0.255 e. The average molecular weight is 352 g/mol. The molecule has 0 bridgehead atoms. The minimum atomic E-state index is -0.227. The Morgan fingerprint density at radius 2 is 1.96 bits per heavy atom. The molecule has 1 aromatic carbocycles. The van der Waals surface area contributed by atoms with E-state index >= 15 is 0 Å². The van der Waals surface area contributed by atoms with Crippen molar-refractivity contribution in [2.75, 3.05) is 17.2 Å². The molecular formula is C20H24N4O2. The van der Waals surface area contributed by atoms with E-state index < -0.39 is 0 Å². The first-order valence-corrected chi connectivity index (χ1v) is 8.99. The molecule has 136 valence electrons. The molecule has 0 aliphatic heterocycles. The van der Waals surface area contributed by atoms with Crippen molar-refractivity contribution in [2.24, 2.45) is 0 Å². The second kappa shape index (κ2) is 7.99. The molecule has 3 rings (SSSR count). The highest BCUT2D eigenvalue weighted by atomic mass is 16.2. The van der Waals surface area contributed by atoms with Gasteiger partial charge in [-0.15, -0.1) is 0 Å². The summed E-state index contributed by atoms with van der Waals surface area (Å²) in [6.45, 7) is 4.72. The van der Waals surface area contributed by atoms with Crippen LogP contribution in [-0.2, 0) is 0 Å². The third-order valence-electron chi connectivity index (χ3n) is 4.13. The Hall–Kier alpha value is -2.89. The van der Waals surface area contributed by atoms with Crippen LogP contribution in [0.2, 0.25) is 0 Å². The van der Waals surface area contributed by atoms with Gasteiger partial charge in [-0.05, 0) is 44.4 Å². The summed E-state index contributed by atoms with van der Waals surface area (Å²) >= 11 is 0. The summed E-state index contributed by atoms with van der Waals surface area (Å²) < 4.78 is 0. The van der Waals surface area contributed by atoms with Crippen LogP contribution in [0.5, 0.6) is 0 Å². The number of nitrogens with one attached hydrogen (secondary N) is 3. The van der Waals surface area contributed by atoms with Gasteiger partial charge in [0.2, 0.25) is 0 Å². The van der Waals surface area contributed by atoms with Crippen LogP contribution in [0.1, 0.15) is 52.5 Å². The fourth-order valence-corrected chi connectivity index (χ4v) is 2.55. The molecule has 1 aliphatic rings. The maximum Gasteiger partial charge on any atom is 0.255 e. The predicted octanol–water partition coefficient (Wildman–Crippen LogP) is 3.36. The van der Waals surface area contributed by atoms with Crippen molar-refractivity contribution in [1.29, 1.82) is 0 Å². The Kier molecular flexibility index (Phi) is 5.51. The van der Waals surface area contributed by atoms with E-state index in [1.807, 2.05) is 25.1 Å². The zero-order valence-corrected chi connectivity index (χ0v) is 15.1. The number of carbonyl (C=O) groups excluding carboxylic acids is 2. The van der Waals surface area contributed by atoms with Crippen molar-refractivity contribution < 1.29 is 9.59 Å². The van der Waals surface area contributed by atoms with E-state index in [4.69, 9.17) is 0 Å². The molecule has 6 nitrogen and oxygen atoms in total. The molecule has 0 radical (unpaired) electrons. The van der Waals surface area contributed by atoms with Crippen molar-refractivity contribution >= 4 is 23.3 Å². The number of anilines is 2. The van der Waals surface area contributed by atoms with Crippen molar-refractivity contribution in [2.45, 2.75) is 39.2 Å². The fourth-order valence-electron chi connectivity index (χ4n) is 2.55. The summed E-state index contributed by atoms with van der Waals surface area (Å²) in [6, 6.07) is 9.32. The third-order valence-corrected chi connectivity index (χ3v) is 4.13. The van der Waals surface area contributed by atoms with Crippen LogP contribution >= 0.6 is 0 Å². The van der Waals surface area contributed by atoms with Crippen LogP contribution in [0.4, 0.5) is 11.5 Å². The third kappa shape index (κ3) is 4.59. The quantitative estimate of drug-likeness (QED) is 0.713. The molecule has 1 aliphatic carbocycles. The van der Waals surface area contributed by atoms with Crippen molar-refractivity contribution in [1.82, 2.24) is 10.3 Å². The molecule has 2 aromatic rings. The van der Waals surface area contributed by atoms with Gasteiger partial charge in [0, 0.05) is 24.3 Å². The summed E-state index contributed by atoms with van der Waals surface area (Å²) in [7, 11) is 0. The van der Waals surface area contributed by atoms with Gasteiger partial charge in [-0.25, -0.2) is 4.98 Å². The summed E-state index contributed by atoms with van der Waals surface area (Å²) in [5, 5.41) is 9.02. The molecule has 1 fully saturated rings. The second-order valence-corrected chi connectivity index (χ2v) is 6.62. The number of hydrogen-bond acceptors (Lipinski definition) is 4. The van der Waals surface area contributed by atoms with Crippen molar-refractivity contribution in [3.8, 4) is 0 Å². The SMILES string of the molecule is CCCNc1ncc(C(=O)NC2CC2)cc1NC(=O)c1cccc(C)c1. The maximum absolute atomic E-state index is 12.6. The van der Waals surface area contributed by atoms with E-state index in [9.17, 15) is 9.59 Å². The normalized spacial score (nSPS) is 13.2. The number of amides is 2. The lowest BCUT2D eigenvalue weighted by Gasteiger charge is -2.14. The zero-order chi connectivity index (χ0) is 18.5. The lowest BCUT2D eigenvalue weighted by molar-refractivity contribution is 0.0949. The summed E-state index contributed by atoms with van der Waals surface area (Å²) in [5.74, 6) is 0.179. The molecule has 0 spiro atoms. The highest BCUT2D eigenvalue weighted by Crippen LogP contribution is 2.23. The summed E-state index contributed by atoms with van der Waals surface area (Å²) in [6.07, 6.45) is 4.51. The van der Waals surface area contributed by atoms with E-state index in [1.54, 1.807) is 12.1 Å². The molecule has 1 aromatic heterocycles. The molecule has 26 heavy (non-hydrogen) atoms. The van der Waals surface area contributed by atoms with Gasteiger partial charge in [0.15, 0.2) is 0 Å². The number of rotatable bonds is 7. The number of hydrogen-bond donors (Lipinski definition) is 3. The van der Waals surface area contributed by atoms with Gasteiger partial charge < -0.3 is 16.0 Å². The molecule has 3 N–H and O–H groups in total. The van der Waals surface area contributed by atoms with E-state index in [-0.39, 0.29) is 17.9 Å². The molecule has 0 saturated heterocycles. The van der Waals surface area contributed by atoms with E-state index in [1.165, 1.54) is 6.20 Å².